The van der Waals surface area contributed by atoms with E-state index in [1.54, 1.807) is 0 Å². The van der Waals surface area contributed by atoms with Crippen molar-refractivity contribution in [1.29, 1.82) is 0 Å². The summed E-state index contributed by atoms with van der Waals surface area (Å²) in [6.45, 7) is 1.51. The fraction of sp³-hybridized carbons (Fsp3) is 0.308. The lowest BCUT2D eigenvalue weighted by Crippen LogP contribution is -2.09. The molecular weight excluding hydrogens is 358 g/mol. The van der Waals surface area contributed by atoms with Gasteiger partial charge in [-0.1, -0.05) is 15.9 Å². The molecule has 22 heavy (non-hydrogen) atoms. The van der Waals surface area contributed by atoms with E-state index >= 15 is 0 Å². The Morgan fingerprint density at radius 1 is 1.32 bits per heavy atom. The van der Waals surface area contributed by atoms with E-state index in [4.69, 9.17) is 9.47 Å². The minimum Gasteiger partial charge on any atom is -0.477 e. The molecule has 0 aliphatic carbocycles. The molecule has 0 unspecified atom stereocenters. The normalized spacial score (nSPS) is 10.5. The van der Waals surface area contributed by atoms with E-state index in [2.05, 4.69) is 25.9 Å². The van der Waals surface area contributed by atoms with Gasteiger partial charge in [0.2, 0.25) is 0 Å². The number of nitrogens with zero attached hydrogens (tertiary/aromatic N) is 3. The number of fused-ring (bicyclic) bond motifs is 1. The number of ketones is 1. The quantitative estimate of drug-likeness (QED) is 0.345. The summed E-state index contributed by atoms with van der Waals surface area (Å²) >= 11 is 3.07. The van der Waals surface area contributed by atoms with E-state index < -0.39 is 4.92 Å². The number of hydrogen-bond donors (Lipinski definition) is 0. The summed E-state index contributed by atoms with van der Waals surface area (Å²) in [4.78, 5) is 31.2. The highest BCUT2D eigenvalue weighted by molar-refractivity contribution is 9.09. The second kappa shape index (κ2) is 6.22. The van der Waals surface area contributed by atoms with Crippen molar-refractivity contribution in [2.75, 3.05) is 19.5 Å². The highest BCUT2D eigenvalue weighted by Crippen LogP contribution is 2.33. The Morgan fingerprint density at radius 3 is 2.41 bits per heavy atom. The fourth-order valence-corrected chi connectivity index (χ4v) is 2.39. The number of nitro groups is 1. The van der Waals surface area contributed by atoms with Crippen LogP contribution in [-0.4, -0.2) is 40.2 Å². The van der Waals surface area contributed by atoms with Gasteiger partial charge in [0.25, 0.3) is 17.4 Å². The average Bonchev–Trinajstić information content (AvgIpc) is 2.51. The number of ether oxygens (including phenoxy) is 2. The van der Waals surface area contributed by atoms with Gasteiger partial charge in [-0.2, -0.15) is 0 Å². The van der Waals surface area contributed by atoms with Crippen molar-refractivity contribution in [3.63, 3.8) is 0 Å². The maximum atomic E-state index is 12.2. The molecule has 8 nitrogen and oxygen atoms in total. The van der Waals surface area contributed by atoms with E-state index in [0.29, 0.717) is 0 Å². The summed E-state index contributed by atoms with van der Waals surface area (Å²) < 4.78 is 10.1. The lowest BCUT2D eigenvalue weighted by molar-refractivity contribution is -0.385. The van der Waals surface area contributed by atoms with Crippen LogP contribution in [0.2, 0.25) is 0 Å². The minimum atomic E-state index is -0.557. The van der Waals surface area contributed by atoms with E-state index in [-0.39, 0.29) is 50.7 Å². The number of carbonyl (C=O) groups excluding carboxylic acids is 1. The van der Waals surface area contributed by atoms with Crippen LogP contribution >= 0.6 is 15.9 Å². The van der Waals surface area contributed by atoms with Gasteiger partial charge >= 0.3 is 0 Å². The van der Waals surface area contributed by atoms with Crippen LogP contribution in [0.4, 0.5) is 5.69 Å². The lowest BCUT2D eigenvalue weighted by Gasteiger charge is -2.11. The zero-order valence-corrected chi connectivity index (χ0v) is 13.6. The smallest absolute Gasteiger partial charge is 0.278 e. The van der Waals surface area contributed by atoms with Gasteiger partial charge in [-0.25, -0.2) is 9.97 Å². The number of nitro benzene ring substituents is 1. The Kier molecular flexibility index (Phi) is 4.55. The van der Waals surface area contributed by atoms with Crippen LogP contribution in [0.5, 0.6) is 11.8 Å². The lowest BCUT2D eigenvalue weighted by atomic mass is 10.0. The molecule has 1 aromatic carbocycles. The van der Waals surface area contributed by atoms with Crippen molar-refractivity contribution in [3.8, 4) is 11.8 Å². The summed E-state index contributed by atoms with van der Waals surface area (Å²) in [5.74, 6) is -0.134. The van der Waals surface area contributed by atoms with Crippen LogP contribution in [0.3, 0.4) is 0 Å². The Morgan fingerprint density at radius 2 is 1.91 bits per heavy atom. The average molecular weight is 370 g/mol. The molecule has 2 rings (SSSR count). The largest absolute Gasteiger partial charge is 0.477 e. The summed E-state index contributed by atoms with van der Waals surface area (Å²) in [6, 6.07) is 1.27. The van der Waals surface area contributed by atoms with Gasteiger partial charge < -0.3 is 9.47 Å². The van der Waals surface area contributed by atoms with Gasteiger partial charge in [-0.15, -0.1) is 0 Å². The van der Waals surface area contributed by atoms with E-state index in [9.17, 15) is 14.9 Å². The van der Waals surface area contributed by atoms with Crippen molar-refractivity contribution in [1.82, 2.24) is 9.97 Å². The fourth-order valence-electron chi connectivity index (χ4n) is 2.11. The molecule has 0 saturated heterocycles. The molecule has 0 bridgehead atoms. The second-order valence-corrected chi connectivity index (χ2v) is 4.88. The van der Waals surface area contributed by atoms with E-state index in [1.807, 2.05) is 0 Å². The van der Waals surface area contributed by atoms with Gasteiger partial charge in [0.1, 0.15) is 11.0 Å². The van der Waals surface area contributed by atoms with E-state index in [0.717, 1.165) is 0 Å². The van der Waals surface area contributed by atoms with Crippen LogP contribution in [0.25, 0.3) is 11.0 Å². The number of hydrogen-bond acceptors (Lipinski definition) is 7. The number of rotatable bonds is 5. The van der Waals surface area contributed by atoms with Crippen molar-refractivity contribution in [3.05, 3.63) is 27.3 Å². The zero-order valence-electron chi connectivity index (χ0n) is 12.0. The highest BCUT2D eigenvalue weighted by atomic mass is 79.9. The van der Waals surface area contributed by atoms with Crippen molar-refractivity contribution < 1.29 is 19.2 Å². The molecule has 2 aromatic rings. The number of methoxy groups -OCH3 is 2. The highest BCUT2D eigenvalue weighted by Gasteiger charge is 2.25. The minimum absolute atomic E-state index is 0.0140. The predicted octanol–water partition coefficient (Wildman–Crippen LogP) is 2.44. The van der Waals surface area contributed by atoms with Gasteiger partial charge in [0.15, 0.2) is 5.78 Å². The van der Waals surface area contributed by atoms with Crippen LogP contribution in [-0.2, 0) is 0 Å². The van der Waals surface area contributed by atoms with Crippen LogP contribution in [0.1, 0.15) is 15.9 Å². The van der Waals surface area contributed by atoms with Gasteiger partial charge in [-0.05, 0) is 6.92 Å². The SMILES string of the molecule is COc1nc2cc([N+](=O)[O-])c(C)c(C(=O)CBr)c2nc1OC. The van der Waals surface area contributed by atoms with Crippen molar-refractivity contribution in [2.24, 2.45) is 0 Å². The maximum absolute atomic E-state index is 12.2. The number of alkyl halides is 1. The first-order chi connectivity index (χ1) is 10.4. The molecular formula is C13H12BrN3O5. The molecule has 0 amide bonds. The summed E-state index contributed by atoms with van der Waals surface area (Å²) in [7, 11) is 2.77. The molecule has 0 aliphatic heterocycles. The summed E-state index contributed by atoms with van der Waals surface area (Å²) in [5.41, 5.74) is 0.626. The molecule has 0 atom stereocenters. The first-order valence-corrected chi connectivity index (χ1v) is 7.23. The molecule has 0 spiro atoms. The second-order valence-electron chi connectivity index (χ2n) is 4.32. The first-order valence-electron chi connectivity index (χ1n) is 6.11. The van der Waals surface area contributed by atoms with E-state index in [1.165, 1.54) is 27.2 Å². The monoisotopic (exact) mass is 369 g/mol. The van der Waals surface area contributed by atoms with Crippen molar-refractivity contribution >= 4 is 38.4 Å². The number of halogens is 1. The Bertz CT molecular complexity index is 778. The van der Waals surface area contributed by atoms with Gasteiger partial charge in [0, 0.05) is 11.6 Å². The molecule has 0 saturated carbocycles. The Labute approximate surface area is 133 Å². The summed E-state index contributed by atoms with van der Waals surface area (Å²) in [6.07, 6.45) is 0. The number of benzene rings is 1. The third-order valence-electron chi connectivity index (χ3n) is 3.11. The molecule has 1 heterocycles. The molecule has 9 heteroatoms. The molecule has 0 aliphatic rings. The molecule has 1 aromatic heterocycles. The first kappa shape index (κ1) is 16.1. The standard InChI is InChI=1S/C13H12BrN3O5/c1-6-8(17(19)20)4-7-11(10(6)9(18)5-14)16-13(22-3)12(15-7)21-2/h4H,5H2,1-3H3. The number of Topliss-reactive ketones (excluding diaryl/α,β-unsaturated/α-hetero) is 1. The van der Waals surface area contributed by atoms with Crippen LogP contribution in [0, 0.1) is 17.0 Å². The Hall–Kier alpha value is -2.29. The molecule has 0 N–H and O–H groups in total. The maximum Gasteiger partial charge on any atom is 0.278 e. The molecule has 0 radical (unpaired) electrons. The molecule has 116 valence electrons. The summed E-state index contributed by atoms with van der Waals surface area (Å²) in [5, 5.41) is 11.2. The van der Waals surface area contributed by atoms with Crippen molar-refractivity contribution in [2.45, 2.75) is 6.92 Å². The Balaban J connectivity index is 2.94. The van der Waals surface area contributed by atoms with Gasteiger partial charge in [0.05, 0.1) is 30.0 Å². The zero-order chi connectivity index (χ0) is 16.4. The topological polar surface area (TPSA) is 104 Å². The number of carbonyl (C=O) groups is 1. The third-order valence-corrected chi connectivity index (χ3v) is 3.62. The predicted molar refractivity (Wildman–Crippen MR) is 82.2 cm³/mol. The van der Waals surface area contributed by atoms with Crippen LogP contribution < -0.4 is 9.47 Å². The van der Waals surface area contributed by atoms with Gasteiger partial charge in [-0.3, -0.25) is 14.9 Å². The number of aromatic nitrogens is 2. The van der Waals surface area contributed by atoms with Crippen LogP contribution in [0.15, 0.2) is 6.07 Å². The molecule has 0 fully saturated rings. The third kappa shape index (κ3) is 2.59.